The van der Waals surface area contributed by atoms with Gasteiger partial charge in [0.1, 0.15) is 17.6 Å². The molecule has 1 saturated heterocycles. The van der Waals surface area contributed by atoms with Crippen molar-refractivity contribution in [3.05, 3.63) is 48.3 Å². The minimum Gasteiger partial charge on any atom is -0.369 e. The average Bonchev–Trinajstić information content (AvgIpc) is 3.15. The van der Waals surface area contributed by atoms with Crippen molar-refractivity contribution in [1.29, 1.82) is 5.26 Å². The summed E-state index contributed by atoms with van der Waals surface area (Å²) in [7, 11) is 0. The summed E-state index contributed by atoms with van der Waals surface area (Å²) in [6.45, 7) is 0.651. The van der Waals surface area contributed by atoms with Crippen molar-refractivity contribution in [1.82, 2.24) is 14.9 Å². The van der Waals surface area contributed by atoms with E-state index in [1.807, 2.05) is 41.4 Å². The Morgan fingerprint density at radius 3 is 2.62 bits per heavy atom. The van der Waals surface area contributed by atoms with E-state index in [1.165, 1.54) is 4.90 Å². The van der Waals surface area contributed by atoms with Gasteiger partial charge in [0.05, 0.1) is 6.54 Å². The Morgan fingerprint density at radius 1 is 1.10 bits per heavy atom. The van der Waals surface area contributed by atoms with Crippen molar-refractivity contribution in [2.24, 2.45) is 0 Å². The van der Waals surface area contributed by atoms with Crippen LogP contribution in [0, 0.1) is 11.3 Å². The van der Waals surface area contributed by atoms with E-state index in [9.17, 15) is 18.4 Å². The Bertz CT molecular complexity index is 1040. The molecule has 3 heterocycles. The van der Waals surface area contributed by atoms with Gasteiger partial charge in [-0.15, -0.1) is 0 Å². The van der Waals surface area contributed by atoms with Gasteiger partial charge in [-0.1, -0.05) is 6.07 Å². The molecule has 0 aliphatic carbocycles. The highest BCUT2D eigenvalue weighted by Crippen LogP contribution is 2.26. The molecule has 1 fully saturated rings. The number of piperazine rings is 1. The molecular weight excluding hydrogens is 381 g/mol. The minimum atomic E-state index is -4.19. The molecule has 29 heavy (non-hydrogen) atoms. The third-order valence-corrected chi connectivity index (χ3v) is 4.89. The Balaban J connectivity index is 1.50. The quantitative estimate of drug-likeness (QED) is 0.696. The molecule has 0 spiro atoms. The number of hydrogen-bond donors (Lipinski definition) is 2. The van der Waals surface area contributed by atoms with Crippen LogP contribution in [0.1, 0.15) is 5.69 Å². The maximum absolute atomic E-state index is 12.6. The molecule has 150 valence electrons. The van der Waals surface area contributed by atoms with Crippen molar-refractivity contribution in [2.75, 3.05) is 42.9 Å². The Hall–Kier alpha value is -3.25. The van der Waals surface area contributed by atoms with Gasteiger partial charge in [0.15, 0.2) is 0 Å². The molecule has 0 radical (unpaired) electrons. The summed E-state index contributed by atoms with van der Waals surface area (Å²) in [6, 6.07) is 13.4. The van der Waals surface area contributed by atoms with Crippen molar-refractivity contribution >= 4 is 28.1 Å². The number of rotatable bonds is 4. The second-order valence-electron chi connectivity index (χ2n) is 6.99. The molecule has 3 aromatic rings. The Labute approximate surface area is 165 Å². The van der Waals surface area contributed by atoms with E-state index in [4.69, 9.17) is 0 Å². The molecule has 4 rings (SSSR count). The summed E-state index contributed by atoms with van der Waals surface area (Å²) in [4.78, 5) is 10.8. The largest absolute Gasteiger partial charge is 0.401 e. The first-order valence-electron chi connectivity index (χ1n) is 9.20. The molecular formula is C20H19F3N6. The van der Waals surface area contributed by atoms with Crippen LogP contribution in [0.4, 0.5) is 30.4 Å². The van der Waals surface area contributed by atoms with Crippen LogP contribution < -0.4 is 10.2 Å². The molecule has 6 nitrogen and oxygen atoms in total. The topological polar surface area (TPSA) is 71.0 Å². The van der Waals surface area contributed by atoms with Crippen LogP contribution in [0.3, 0.4) is 0 Å². The van der Waals surface area contributed by atoms with Crippen LogP contribution in [-0.4, -0.2) is 53.8 Å². The van der Waals surface area contributed by atoms with Gasteiger partial charge in [0, 0.05) is 55.3 Å². The third-order valence-electron chi connectivity index (χ3n) is 4.89. The second-order valence-corrected chi connectivity index (χ2v) is 6.99. The number of pyridine rings is 1. The number of nitrogens with zero attached hydrogens (tertiary/aromatic N) is 4. The van der Waals surface area contributed by atoms with Crippen LogP contribution in [0.25, 0.3) is 10.9 Å². The van der Waals surface area contributed by atoms with Crippen molar-refractivity contribution in [3.63, 3.8) is 0 Å². The number of aromatic amines is 1. The number of halogens is 3. The van der Waals surface area contributed by atoms with Gasteiger partial charge in [0.25, 0.3) is 0 Å². The molecule has 0 bridgehead atoms. The van der Waals surface area contributed by atoms with E-state index in [0.717, 1.165) is 22.3 Å². The van der Waals surface area contributed by atoms with Gasteiger partial charge in [-0.2, -0.15) is 18.4 Å². The van der Waals surface area contributed by atoms with Crippen LogP contribution in [0.15, 0.2) is 42.6 Å². The Kier molecular flexibility index (Phi) is 5.03. The average molecular weight is 400 g/mol. The number of aromatic nitrogens is 2. The first-order chi connectivity index (χ1) is 13.9. The molecule has 2 aromatic heterocycles. The molecule has 0 amide bonds. The van der Waals surface area contributed by atoms with E-state index in [2.05, 4.69) is 21.4 Å². The molecule has 0 unspecified atom stereocenters. The van der Waals surface area contributed by atoms with E-state index in [-0.39, 0.29) is 5.69 Å². The van der Waals surface area contributed by atoms with Crippen molar-refractivity contribution in [3.8, 4) is 6.07 Å². The molecule has 2 N–H and O–H groups in total. The van der Waals surface area contributed by atoms with E-state index >= 15 is 0 Å². The standard InChI is InChI=1S/C20H19F3N6/c21-20(22,23)13-28-5-7-29(8-6-28)17-9-16(12-24)27-19(11-17)26-15-2-1-14-3-4-25-18(14)10-15/h1-4,9-11,25H,5-8,13H2,(H,26,27). The summed E-state index contributed by atoms with van der Waals surface area (Å²) in [5.74, 6) is 0.516. The third kappa shape index (κ3) is 4.60. The maximum Gasteiger partial charge on any atom is 0.401 e. The summed E-state index contributed by atoms with van der Waals surface area (Å²) in [5, 5.41) is 13.6. The van der Waals surface area contributed by atoms with Crippen LogP contribution in [-0.2, 0) is 0 Å². The predicted octanol–water partition coefficient (Wildman–Crippen LogP) is 3.86. The summed E-state index contributed by atoms with van der Waals surface area (Å²) in [6.07, 6.45) is -2.33. The maximum atomic E-state index is 12.6. The zero-order chi connectivity index (χ0) is 20.4. The lowest BCUT2D eigenvalue weighted by Gasteiger charge is -2.36. The fraction of sp³-hybridized carbons (Fsp3) is 0.300. The lowest BCUT2D eigenvalue weighted by molar-refractivity contribution is -0.146. The molecule has 9 heteroatoms. The van der Waals surface area contributed by atoms with Gasteiger partial charge in [-0.05, 0) is 29.7 Å². The normalized spacial score (nSPS) is 15.4. The van der Waals surface area contributed by atoms with E-state index < -0.39 is 12.7 Å². The van der Waals surface area contributed by atoms with Crippen LogP contribution in [0.5, 0.6) is 0 Å². The number of nitrogens with one attached hydrogen (secondary N) is 2. The first kappa shape index (κ1) is 19.1. The van der Waals surface area contributed by atoms with Gasteiger partial charge < -0.3 is 15.2 Å². The number of hydrogen-bond acceptors (Lipinski definition) is 5. The predicted molar refractivity (Wildman–Crippen MR) is 105 cm³/mol. The minimum absolute atomic E-state index is 0.253. The monoisotopic (exact) mass is 400 g/mol. The smallest absolute Gasteiger partial charge is 0.369 e. The Morgan fingerprint density at radius 2 is 1.90 bits per heavy atom. The van der Waals surface area contributed by atoms with Crippen molar-refractivity contribution < 1.29 is 13.2 Å². The summed E-state index contributed by atoms with van der Waals surface area (Å²) < 4.78 is 37.8. The summed E-state index contributed by atoms with van der Waals surface area (Å²) >= 11 is 0. The number of nitriles is 1. The zero-order valence-corrected chi connectivity index (χ0v) is 15.5. The lowest BCUT2D eigenvalue weighted by Crippen LogP contribution is -2.49. The molecule has 0 saturated carbocycles. The van der Waals surface area contributed by atoms with Gasteiger partial charge in [0.2, 0.25) is 0 Å². The number of benzene rings is 1. The zero-order valence-electron chi connectivity index (χ0n) is 15.5. The van der Waals surface area contributed by atoms with Crippen LogP contribution in [0.2, 0.25) is 0 Å². The highest BCUT2D eigenvalue weighted by Gasteiger charge is 2.32. The number of H-pyrrole nitrogens is 1. The SMILES string of the molecule is N#Cc1cc(N2CCN(CC(F)(F)F)CC2)cc(Nc2ccc3cc[nH]c3c2)n1. The van der Waals surface area contributed by atoms with Gasteiger partial charge in [-0.25, -0.2) is 4.98 Å². The number of fused-ring (bicyclic) bond motifs is 1. The van der Waals surface area contributed by atoms with Crippen LogP contribution >= 0.6 is 0 Å². The fourth-order valence-electron chi connectivity index (χ4n) is 3.51. The second kappa shape index (κ2) is 7.64. The highest BCUT2D eigenvalue weighted by molar-refractivity contribution is 5.83. The molecule has 0 atom stereocenters. The van der Waals surface area contributed by atoms with Gasteiger partial charge in [-0.3, -0.25) is 4.90 Å². The fourth-order valence-corrected chi connectivity index (χ4v) is 3.51. The van der Waals surface area contributed by atoms with E-state index in [0.29, 0.717) is 32.0 Å². The van der Waals surface area contributed by atoms with Crippen molar-refractivity contribution in [2.45, 2.75) is 6.18 Å². The number of anilines is 3. The molecule has 1 aromatic carbocycles. The summed E-state index contributed by atoms with van der Waals surface area (Å²) in [5.41, 5.74) is 2.83. The van der Waals surface area contributed by atoms with E-state index in [1.54, 1.807) is 6.07 Å². The highest BCUT2D eigenvalue weighted by atomic mass is 19.4. The van der Waals surface area contributed by atoms with Gasteiger partial charge >= 0.3 is 6.18 Å². The lowest BCUT2D eigenvalue weighted by atomic mass is 10.2. The number of alkyl halides is 3. The first-order valence-corrected chi connectivity index (χ1v) is 9.20. The molecule has 1 aliphatic heterocycles. The molecule has 1 aliphatic rings.